The molecule has 2 saturated heterocycles. The summed E-state index contributed by atoms with van der Waals surface area (Å²) in [5, 5.41) is 84.0. The Morgan fingerprint density at radius 2 is 1.43 bits per heavy atom. The number of fused-ring (bicyclic) bond motifs is 1. The van der Waals surface area contributed by atoms with Gasteiger partial charge in [0.2, 0.25) is 0 Å². The van der Waals surface area contributed by atoms with Crippen LogP contribution in [0.5, 0.6) is 5.75 Å². The summed E-state index contributed by atoms with van der Waals surface area (Å²) < 4.78 is 16.3. The monoisotopic (exact) mass is 498 g/mol. The van der Waals surface area contributed by atoms with Gasteiger partial charge in [0, 0.05) is 18.5 Å². The summed E-state index contributed by atoms with van der Waals surface area (Å²) in [6, 6.07) is 8.61. The molecule has 35 heavy (non-hydrogen) atoms. The van der Waals surface area contributed by atoms with Crippen LogP contribution in [0.25, 0.3) is 10.9 Å². The Morgan fingerprint density at radius 1 is 0.800 bits per heavy atom. The smallest absolute Gasteiger partial charge is 0.189 e. The number of hydrogen-bond acceptors (Lipinski definition) is 13. The second-order valence-electron chi connectivity index (χ2n) is 8.63. The van der Waals surface area contributed by atoms with Crippen LogP contribution in [0.15, 0.2) is 30.3 Å². The Hall–Kier alpha value is -2.01. The second-order valence-corrected chi connectivity index (χ2v) is 8.63. The van der Waals surface area contributed by atoms with Crippen LogP contribution in [0.4, 0.5) is 0 Å². The normalized spacial score (nSPS) is 38.0. The molecule has 0 radical (unpaired) electrons. The minimum atomic E-state index is -1.74. The fourth-order valence-electron chi connectivity index (χ4n) is 4.12. The van der Waals surface area contributed by atoms with Gasteiger partial charge in [-0.3, -0.25) is 0 Å². The third-order valence-corrected chi connectivity index (χ3v) is 6.19. The van der Waals surface area contributed by atoms with Crippen molar-refractivity contribution >= 4 is 10.9 Å². The highest BCUT2D eigenvalue weighted by atomic mass is 16.8. The Bertz CT molecular complexity index is 995. The van der Waals surface area contributed by atoms with Crippen molar-refractivity contribution in [1.29, 1.82) is 0 Å². The average Bonchev–Trinajstić information content (AvgIpc) is 2.86. The third kappa shape index (κ3) is 5.40. The molecule has 3 heterocycles. The highest BCUT2D eigenvalue weighted by molar-refractivity contribution is 5.84. The first-order valence-electron chi connectivity index (χ1n) is 11.1. The van der Waals surface area contributed by atoms with Crippen LogP contribution in [0.2, 0.25) is 0 Å². The van der Waals surface area contributed by atoms with Crippen molar-refractivity contribution < 1.29 is 55.1 Å². The molecule has 1 aromatic carbocycles. The topological polar surface area (TPSA) is 214 Å². The summed E-state index contributed by atoms with van der Waals surface area (Å²) in [4.78, 5) is 4.39. The van der Waals surface area contributed by atoms with Crippen molar-refractivity contribution in [3.63, 3.8) is 0 Å². The lowest BCUT2D eigenvalue weighted by Gasteiger charge is -2.44. The first-order chi connectivity index (χ1) is 16.7. The molecule has 194 valence electrons. The van der Waals surface area contributed by atoms with E-state index in [0.717, 1.165) is 5.39 Å². The Labute approximate surface area is 199 Å². The quantitative estimate of drug-likeness (QED) is 0.183. The minimum absolute atomic E-state index is 0.0000227. The van der Waals surface area contributed by atoms with Crippen molar-refractivity contribution in [2.75, 3.05) is 13.2 Å². The van der Waals surface area contributed by atoms with Crippen molar-refractivity contribution in [1.82, 2.24) is 10.3 Å². The molecule has 9 N–H and O–H groups in total. The number of aromatic nitrogens is 1. The average molecular weight is 498 g/mol. The van der Waals surface area contributed by atoms with Crippen molar-refractivity contribution in [2.24, 2.45) is 0 Å². The van der Waals surface area contributed by atoms with E-state index in [-0.39, 0.29) is 18.8 Å². The van der Waals surface area contributed by atoms with Gasteiger partial charge < -0.3 is 60.4 Å². The van der Waals surface area contributed by atoms with Gasteiger partial charge in [-0.05, 0) is 12.1 Å². The van der Waals surface area contributed by atoms with Gasteiger partial charge in [0.1, 0.15) is 60.1 Å². The zero-order chi connectivity index (χ0) is 25.3. The molecule has 0 spiro atoms. The molecular formula is C22H30N2O11. The van der Waals surface area contributed by atoms with E-state index in [4.69, 9.17) is 14.2 Å². The number of phenolic OH excluding ortho intramolecular Hbond substituents is 1. The highest BCUT2D eigenvalue weighted by Gasteiger charge is 2.49. The van der Waals surface area contributed by atoms with Gasteiger partial charge in [0.15, 0.2) is 12.6 Å². The number of aromatic hydroxyl groups is 1. The summed E-state index contributed by atoms with van der Waals surface area (Å²) in [5.41, 5.74) is 1.03. The van der Waals surface area contributed by atoms with E-state index >= 15 is 0 Å². The largest absolute Gasteiger partial charge is 0.506 e. The maximum Gasteiger partial charge on any atom is 0.189 e. The van der Waals surface area contributed by atoms with Crippen LogP contribution < -0.4 is 5.32 Å². The second kappa shape index (κ2) is 10.9. The Morgan fingerprint density at radius 3 is 2.09 bits per heavy atom. The number of para-hydroxylation sites is 1. The Kier molecular flexibility index (Phi) is 8.15. The van der Waals surface area contributed by atoms with Gasteiger partial charge in [-0.15, -0.1) is 0 Å². The predicted octanol–water partition coefficient (Wildman–Crippen LogP) is -3.35. The lowest BCUT2D eigenvalue weighted by Crippen LogP contribution is -2.64. The number of nitrogens with one attached hydrogen (secondary N) is 1. The maximum absolute atomic E-state index is 10.3. The summed E-state index contributed by atoms with van der Waals surface area (Å²) in [7, 11) is 0. The van der Waals surface area contributed by atoms with Gasteiger partial charge in [-0.1, -0.05) is 18.2 Å². The minimum Gasteiger partial charge on any atom is -0.506 e. The number of phenols is 1. The number of aliphatic hydroxyl groups excluding tert-OH is 7. The van der Waals surface area contributed by atoms with Gasteiger partial charge in [0.05, 0.1) is 12.3 Å². The number of nitrogens with zero attached hydrogens (tertiary/aromatic N) is 1. The van der Waals surface area contributed by atoms with Crippen LogP contribution in [0, 0.1) is 0 Å². The third-order valence-electron chi connectivity index (χ3n) is 6.19. The van der Waals surface area contributed by atoms with Gasteiger partial charge in [-0.25, -0.2) is 4.98 Å². The van der Waals surface area contributed by atoms with Gasteiger partial charge >= 0.3 is 0 Å². The fraction of sp³-hybridized carbons (Fsp3) is 0.591. The lowest BCUT2D eigenvalue weighted by atomic mass is 9.98. The maximum atomic E-state index is 10.3. The zero-order valence-electron chi connectivity index (χ0n) is 18.5. The SMILES string of the molecule is OC[C@H]1O[C@H](O[C@H]2O[C@H](CNCc3ccc4cccc(O)c4n3)[C@@H](O)[C@H](O)[C@H]2O)[C@H](O)[C@@H](O)[C@@H]1O. The molecule has 2 aliphatic heterocycles. The molecule has 13 heteroatoms. The fourth-order valence-corrected chi connectivity index (χ4v) is 4.12. The number of aliphatic hydroxyl groups is 7. The summed E-state index contributed by atoms with van der Waals surface area (Å²) in [6.45, 7) is -0.443. The van der Waals surface area contributed by atoms with E-state index in [1.165, 1.54) is 6.07 Å². The highest BCUT2D eigenvalue weighted by Crippen LogP contribution is 2.28. The standard InChI is InChI=1S/C22H30N2O11/c25-8-13-16(28)18(30)20(32)22(34-13)35-21-19(31)17(29)15(27)12(33-21)7-23-6-10-5-4-9-2-1-3-11(26)14(9)24-10/h1-5,12-13,15-23,25-32H,6-8H2/t12-,13-,15-,16-,17+,18+,19-,20-,21-,22-/m1/s1. The molecule has 4 rings (SSSR count). The molecule has 0 aliphatic carbocycles. The van der Waals surface area contributed by atoms with Crippen LogP contribution in [0.3, 0.4) is 0 Å². The Balaban J connectivity index is 1.38. The molecule has 2 fully saturated rings. The van der Waals surface area contributed by atoms with Crippen LogP contribution >= 0.6 is 0 Å². The molecule has 0 unspecified atom stereocenters. The summed E-state index contributed by atoms with van der Waals surface area (Å²) >= 11 is 0. The molecule has 10 atom stereocenters. The van der Waals surface area contributed by atoms with E-state index in [2.05, 4.69) is 10.3 Å². The van der Waals surface area contributed by atoms with E-state index in [1.54, 1.807) is 18.2 Å². The number of ether oxygens (including phenoxy) is 3. The first kappa shape index (κ1) is 26.1. The molecular weight excluding hydrogens is 468 g/mol. The van der Waals surface area contributed by atoms with Crippen molar-refractivity contribution in [3.8, 4) is 5.75 Å². The van der Waals surface area contributed by atoms with Crippen molar-refractivity contribution in [2.45, 2.75) is 68.0 Å². The number of benzene rings is 1. The van der Waals surface area contributed by atoms with E-state index in [0.29, 0.717) is 11.2 Å². The molecule has 0 amide bonds. The van der Waals surface area contributed by atoms with E-state index < -0.39 is 68.0 Å². The zero-order valence-corrected chi connectivity index (χ0v) is 18.5. The summed E-state index contributed by atoms with van der Waals surface area (Å²) in [6.07, 6.45) is -15.4. The van der Waals surface area contributed by atoms with Crippen molar-refractivity contribution in [3.05, 3.63) is 36.0 Å². The van der Waals surface area contributed by atoms with Crippen LogP contribution in [-0.4, -0.2) is 120 Å². The molecule has 2 aliphatic rings. The predicted molar refractivity (Wildman–Crippen MR) is 117 cm³/mol. The molecule has 2 aromatic rings. The van der Waals surface area contributed by atoms with E-state index in [1.807, 2.05) is 6.07 Å². The summed E-state index contributed by atoms with van der Waals surface area (Å²) in [5.74, 6) is 0.0423. The number of pyridine rings is 1. The van der Waals surface area contributed by atoms with Gasteiger partial charge in [-0.2, -0.15) is 0 Å². The lowest BCUT2D eigenvalue weighted by molar-refractivity contribution is -0.374. The van der Waals surface area contributed by atoms with E-state index in [9.17, 15) is 40.9 Å². The van der Waals surface area contributed by atoms with Crippen LogP contribution in [0.1, 0.15) is 5.69 Å². The number of rotatable bonds is 7. The van der Waals surface area contributed by atoms with Gasteiger partial charge in [0.25, 0.3) is 0 Å². The molecule has 0 saturated carbocycles. The molecule has 0 bridgehead atoms. The molecule has 1 aromatic heterocycles. The first-order valence-corrected chi connectivity index (χ1v) is 11.1. The number of hydrogen-bond donors (Lipinski definition) is 9. The molecule has 13 nitrogen and oxygen atoms in total. The van der Waals surface area contributed by atoms with Crippen LogP contribution in [-0.2, 0) is 20.8 Å².